The maximum absolute atomic E-state index is 13.9. The molecular formula is C26H28F4N2O7. The molecule has 0 saturated carbocycles. The second kappa shape index (κ2) is 13.6. The van der Waals surface area contributed by atoms with Gasteiger partial charge in [-0.05, 0) is 33.3 Å². The van der Waals surface area contributed by atoms with E-state index in [9.17, 15) is 36.7 Å². The van der Waals surface area contributed by atoms with Crippen LogP contribution in [0.25, 0.3) is 0 Å². The van der Waals surface area contributed by atoms with E-state index in [1.54, 1.807) is 51.1 Å². The van der Waals surface area contributed by atoms with Gasteiger partial charge in [-0.1, -0.05) is 30.3 Å². The number of alkyl carbamates (subject to hydrolysis) is 1. The van der Waals surface area contributed by atoms with Crippen molar-refractivity contribution in [1.82, 2.24) is 10.6 Å². The Morgan fingerprint density at radius 3 is 2.08 bits per heavy atom. The first-order chi connectivity index (χ1) is 18.2. The fourth-order valence-corrected chi connectivity index (χ4v) is 3.02. The minimum absolute atomic E-state index is 0.0376. The number of carbonyl (C=O) groups is 4. The molecule has 2 amide bonds. The van der Waals surface area contributed by atoms with Crippen molar-refractivity contribution in [2.45, 2.75) is 58.4 Å². The lowest BCUT2D eigenvalue weighted by atomic mass is 10.1. The van der Waals surface area contributed by atoms with E-state index in [0.29, 0.717) is 5.56 Å². The molecule has 9 nitrogen and oxygen atoms in total. The Bertz CT molecular complexity index is 1180. The number of Topliss-reactive ketones (excluding diaryl/α,β-unsaturated/α-hetero) is 1. The highest BCUT2D eigenvalue weighted by molar-refractivity contribution is 5.95. The fourth-order valence-electron chi connectivity index (χ4n) is 3.02. The van der Waals surface area contributed by atoms with Gasteiger partial charge in [0, 0.05) is 6.07 Å². The van der Waals surface area contributed by atoms with Crippen LogP contribution >= 0.6 is 0 Å². The highest BCUT2D eigenvalue weighted by Crippen LogP contribution is 2.26. The summed E-state index contributed by atoms with van der Waals surface area (Å²) < 4.78 is 69.5. The Morgan fingerprint density at radius 1 is 0.923 bits per heavy atom. The normalized spacial score (nSPS) is 12.6. The third-order valence-electron chi connectivity index (χ3n) is 4.87. The van der Waals surface area contributed by atoms with Crippen molar-refractivity contribution in [3.05, 3.63) is 65.2 Å². The van der Waals surface area contributed by atoms with Crippen LogP contribution in [0.5, 0.6) is 5.75 Å². The molecule has 0 radical (unpaired) electrons. The van der Waals surface area contributed by atoms with Crippen LogP contribution in [0, 0.1) is 23.3 Å². The van der Waals surface area contributed by atoms with Crippen molar-refractivity contribution < 1.29 is 51.0 Å². The molecule has 0 bridgehead atoms. The second-order valence-electron chi connectivity index (χ2n) is 9.33. The number of carbonyl (C=O) groups excluding carboxylic acids is 4. The van der Waals surface area contributed by atoms with E-state index in [0.717, 1.165) is 0 Å². The van der Waals surface area contributed by atoms with Gasteiger partial charge >= 0.3 is 12.1 Å². The van der Waals surface area contributed by atoms with Crippen molar-refractivity contribution in [3.63, 3.8) is 0 Å². The van der Waals surface area contributed by atoms with Gasteiger partial charge in [-0.2, -0.15) is 8.78 Å². The summed E-state index contributed by atoms with van der Waals surface area (Å²) in [6.45, 7) is 4.68. The zero-order chi connectivity index (χ0) is 29.3. The summed E-state index contributed by atoms with van der Waals surface area (Å²) in [6, 6.07) is 5.75. The molecule has 2 N–H and O–H groups in total. The minimum Gasteiger partial charge on any atom is -0.479 e. The molecule has 0 heterocycles. The summed E-state index contributed by atoms with van der Waals surface area (Å²) in [5.41, 5.74) is -0.257. The first-order valence-corrected chi connectivity index (χ1v) is 11.7. The van der Waals surface area contributed by atoms with Crippen molar-refractivity contribution >= 4 is 23.8 Å². The van der Waals surface area contributed by atoms with Gasteiger partial charge in [0.05, 0.1) is 6.42 Å². The van der Waals surface area contributed by atoms with Gasteiger partial charge in [0.1, 0.15) is 30.9 Å². The molecule has 2 atom stereocenters. The largest absolute Gasteiger partial charge is 0.479 e. The highest BCUT2D eigenvalue weighted by atomic mass is 19.2. The van der Waals surface area contributed by atoms with Crippen LogP contribution in [0.15, 0.2) is 36.4 Å². The van der Waals surface area contributed by atoms with Gasteiger partial charge in [0.25, 0.3) is 0 Å². The Morgan fingerprint density at radius 2 is 1.51 bits per heavy atom. The topological polar surface area (TPSA) is 120 Å². The van der Waals surface area contributed by atoms with E-state index in [2.05, 4.69) is 15.4 Å². The van der Waals surface area contributed by atoms with E-state index < -0.39 is 83.5 Å². The average molecular weight is 557 g/mol. The van der Waals surface area contributed by atoms with Gasteiger partial charge < -0.3 is 24.8 Å². The summed E-state index contributed by atoms with van der Waals surface area (Å²) in [4.78, 5) is 49.8. The first kappa shape index (κ1) is 31.1. The Balaban J connectivity index is 2.08. The Kier molecular flexibility index (Phi) is 10.8. The summed E-state index contributed by atoms with van der Waals surface area (Å²) in [7, 11) is 0. The number of esters is 1. The van der Waals surface area contributed by atoms with Crippen LogP contribution in [0.3, 0.4) is 0 Å². The molecule has 0 aromatic heterocycles. The number of hydrogen-bond acceptors (Lipinski definition) is 7. The Labute approximate surface area is 221 Å². The average Bonchev–Trinajstić information content (AvgIpc) is 2.85. The van der Waals surface area contributed by atoms with Crippen LogP contribution in [-0.2, 0) is 30.5 Å². The van der Waals surface area contributed by atoms with Crippen LogP contribution < -0.4 is 15.4 Å². The number of rotatable bonds is 11. The predicted molar refractivity (Wildman–Crippen MR) is 128 cm³/mol. The van der Waals surface area contributed by atoms with E-state index in [1.165, 1.54) is 6.92 Å². The summed E-state index contributed by atoms with van der Waals surface area (Å²) in [5.74, 6) is -11.7. The van der Waals surface area contributed by atoms with E-state index in [-0.39, 0.29) is 12.7 Å². The maximum atomic E-state index is 13.9. The van der Waals surface area contributed by atoms with Gasteiger partial charge in [-0.15, -0.1) is 0 Å². The molecule has 0 aliphatic heterocycles. The lowest BCUT2D eigenvalue weighted by Crippen LogP contribution is -2.52. The number of ether oxygens (including phenoxy) is 3. The molecule has 0 unspecified atom stereocenters. The maximum Gasteiger partial charge on any atom is 0.408 e. The number of amides is 2. The number of halogens is 4. The van der Waals surface area contributed by atoms with Crippen molar-refractivity contribution in [1.29, 1.82) is 0 Å². The van der Waals surface area contributed by atoms with Crippen LogP contribution in [-0.4, -0.2) is 48.0 Å². The van der Waals surface area contributed by atoms with Crippen LogP contribution in [0.4, 0.5) is 22.4 Å². The molecule has 2 aromatic rings. The molecule has 0 spiro atoms. The Hall–Kier alpha value is -4.16. The molecule has 0 saturated heterocycles. The molecule has 0 fully saturated rings. The standard InChI is InChI=1S/C26H28F4N2O7/c1-14(31-25(36)38-12-15-8-6-5-7-9-15)24(35)32-18(11-20(34)39-26(2,3)4)19(33)13-37-23-21(29)16(27)10-17(28)22(23)30/h5-10,14,18H,11-13H2,1-4H3,(H,31,36)(H,32,35)/t14-,18-/m0/s1. The molecule has 0 aliphatic rings. The van der Waals surface area contributed by atoms with Crippen molar-refractivity contribution in [2.75, 3.05) is 6.61 Å². The zero-order valence-electron chi connectivity index (χ0n) is 21.6. The number of nitrogens with one attached hydrogen (secondary N) is 2. The number of benzene rings is 2. The third kappa shape index (κ3) is 9.91. The molecular weight excluding hydrogens is 528 g/mol. The number of hydrogen-bond donors (Lipinski definition) is 2. The molecule has 39 heavy (non-hydrogen) atoms. The predicted octanol–water partition coefficient (Wildman–Crippen LogP) is 3.72. The van der Waals surface area contributed by atoms with Gasteiger partial charge in [-0.25, -0.2) is 13.6 Å². The number of ketones is 1. The van der Waals surface area contributed by atoms with Gasteiger partial charge in [-0.3, -0.25) is 14.4 Å². The summed E-state index contributed by atoms with van der Waals surface area (Å²) >= 11 is 0. The zero-order valence-corrected chi connectivity index (χ0v) is 21.6. The summed E-state index contributed by atoms with van der Waals surface area (Å²) in [6.07, 6.45) is -1.67. The smallest absolute Gasteiger partial charge is 0.408 e. The van der Waals surface area contributed by atoms with Crippen molar-refractivity contribution in [2.24, 2.45) is 0 Å². The van der Waals surface area contributed by atoms with Gasteiger partial charge in [0.2, 0.25) is 17.5 Å². The lowest BCUT2D eigenvalue weighted by molar-refractivity contribution is -0.156. The minimum atomic E-state index is -1.87. The third-order valence-corrected chi connectivity index (χ3v) is 4.87. The molecule has 2 aromatic carbocycles. The lowest BCUT2D eigenvalue weighted by Gasteiger charge is -2.23. The molecule has 0 aliphatic carbocycles. The quantitative estimate of drug-likeness (QED) is 0.246. The van der Waals surface area contributed by atoms with Gasteiger partial charge in [0.15, 0.2) is 23.2 Å². The molecule has 13 heteroatoms. The first-order valence-electron chi connectivity index (χ1n) is 11.7. The van der Waals surface area contributed by atoms with E-state index >= 15 is 0 Å². The molecule has 2 rings (SSSR count). The van der Waals surface area contributed by atoms with E-state index in [4.69, 9.17) is 9.47 Å². The molecule has 212 valence electrons. The fraction of sp³-hybridized carbons (Fsp3) is 0.385. The monoisotopic (exact) mass is 556 g/mol. The highest BCUT2D eigenvalue weighted by Gasteiger charge is 2.30. The van der Waals surface area contributed by atoms with Crippen LogP contribution in [0.1, 0.15) is 39.7 Å². The van der Waals surface area contributed by atoms with Crippen molar-refractivity contribution in [3.8, 4) is 5.75 Å². The SMILES string of the molecule is C[C@H](NC(=O)OCc1ccccc1)C(=O)N[C@@H](CC(=O)OC(C)(C)C)C(=O)COc1c(F)c(F)cc(F)c1F. The van der Waals surface area contributed by atoms with Crippen LogP contribution in [0.2, 0.25) is 0 Å². The second-order valence-corrected chi connectivity index (χ2v) is 9.33. The van der Waals surface area contributed by atoms with E-state index in [1.807, 2.05) is 0 Å². The summed E-state index contributed by atoms with van der Waals surface area (Å²) in [5, 5.41) is 4.48.